The summed E-state index contributed by atoms with van der Waals surface area (Å²) < 4.78 is 3.55. The SMILES string of the molecule is Cc1cccc(C)c1-n1c(=O)c2ccccc2n2c(SC(C)C(=O)NC3CCCCC3)nnc12. The fraction of sp³-hybridized carbons (Fsp3) is 0.385. The fourth-order valence-electron chi connectivity index (χ4n) is 4.89. The minimum Gasteiger partial charge on any atom is -0.352 e. The lowest BCUT2D eigenvalue weighted by molar-refractivity contribution is -0.121. The van der Waals surface area contributed by atoms with Gasteiger partial charge < -0.3 is 5.32 Å². The molecule has 2 aromatic heterocycles. The van der Waals surface area contributed by atoms with Gasteiger partial charge in [0.2, 0.25) is 11.7 Å². The third-order valence-electron chi connectivity index (χ3n) is 6.66. The molecular weight excluding hydrogens is 446 g/mol. The molecule has 2 heterocycles. The molecule has 5 rings (SSSR count). The Balaban J connectivity index is 1.60. The van der Waals surface area contributed by atoms with Gasteiger partial charge in [-0.1, -0.05) is 61.4 Å². The molecule has 1 N–H and O–H groups in total. The van der Waals surface area contributed by atoms with Gasteiger partial charge in [-0.05, 0) is 56.9 Å². The number of aromatic nitrogens is 4. The summed E-state index contributed by atoms with van der Waals surface area (Å²) in [6.45, 7) is 5.88. The predicted molar refractivity (Wildman–Crippen MR) is 136 cm³/mol. The summed E-state index contributed by atoms with van der Waals surface area (Å²) in [5.74, 6) is 0.463. The molecule has 1 aliphatic rings. The van der Waals surface area contributed by atoms with E-state index in [0.29, 0.717) is 16.3 Å². The average Bonchev–Trinajstić information content (AvgIpc) is 3.25. The number of nitrogens with one attached hydrogen (secondary N) is 1. The number of rotatable bonds is 5. The summed E-state index contributed by atoms with van der Waals surface area (Å²) in [5, 5.41) is 12.9. The normalized spacial score (nSPS) is 15.6. The first-order chi connectivity index (χ1) is 16.5. The van der Waals surface area contributed by atoms with E-state index < -0.39 is 0 Å². The maximum atomic E-state index is 13.6. The van der Waals surface area contributed by atoms with Crippen LogP contribution in [-0.2, 0) is 4.79 Å². The molecule has 0 spiro atoms. The maximum Gasteiger partial charge on any atom is 0.267 e. The van der Waals surface area contributed by atoms with Gasteiger partial charge in [0.25, 0.3) is 5.56 Å². The second kappa shape index (κ2) is 9.25. The minimum atomic E-state index is -0.339. The van der Waals surface area contributed by atoms with Crippen molar-refractivity contribution in [3.63, 3.8) is 0 Å². The number of aryl methyl sites for hydroxylation is 2. The number of thioether (sulfide) groups is 1. The summed E-state index contributed by atoms with van der Waals surface area (Å²) in [6, 6.07) is 13.7. The number of benzene rings is 2. The summed E-state index contributed by atoms with van der Waals surface area (Å²) in [7, 11) is 0. The van der Waals surface area contributed by atoms with Crippen LogP contribution in [-0.4, -0.2) is 36.4 Å². The molecule has 1 atom stereocenters. The first-order valence-corrected chi connectivity index (χ1v) is 12.8. The Labute approximate surface area is 202 Å². The van der Waals surface area contributed by atoms with Gasteiger partial charge in [0.15, 0.2) is 5.16 Å². The van der Waals surface area contributed by atoms with E-state index in [0.717, 1.165) is 35.2 Å². The van der Waals surface area contributed by atoms with Gasteiger partial charge in [-0.3, -0.25) is 14.0 Å². The molecule has 176 valence electrons. The van der Waals surface area contributed by atoms with E-state index in [1.54, 1.807) is 4.57 Å². The number of para-hydroxylation sites is 2. The van der Waals surface area contributed by atoms with E-state index in [4.69, 9.17) is 0 Å². The fourth-order valence-corrected chi connectivity index (χ4v) is 5.76. The van der Waals surface area contributed by atoms with Crippen molar-refractivity contribution in [3.05, 3.63) is 63.9 Å². The molecule has 0 radical (unpaired) electrons. The standard InChI is InChI=1S/C26H29N5O2S/c1-16-10-9-11-17(2)22(16)31-24(33)20-14-7-8-15-21(20)30-25(31)28-29-26(30)34-18(3)23(32)27-19-12-5-4-6-13-19/h7-11,14-15,18-19H,4-6,12-13H2,1-3H3,(H,27,32). The van der Waals surface area contributed by atoms with Crippen LogP contribution in [0.5, 0.6) is 0 Å². The Bertz CT molecular complexity index is 1410. The number of carbonyl (C=O) groups excluding carboxylic acids is 1. The highest BCUT2D eigenvalue weighted by atomic mass is 32.2. The van der Waals surface area contributed by atoms with E-state index in [2.05, 4.69) is 15.5 Å². The molecule has 0 saturated heterocycles. The summed E-state index contributed by atoms with van der Waals surface area (Å²) in [6.07, 6.45) is 5.68. The van der Waals surface area contributed by atoms with E-state index in [1.807, 2.05) is 67.6 Å². The van der Waals surface area contributed by atoms with Crippen molar-refractivity contribution >= 4 is 34.3 Å². The number of hydrogen-bond donors (Lipinski definition) is 1. The number of nitrogens with zero attached hydrogens (tertiary/aromatic N) is 4. The molecule has 0 bridgehead atoms. The number of hydrogen-bond acceptors (Lipinski definition) is 5. The lowest BCUT2D eigenvalue weighted by Crippen LogP contribution is -2.40. The molecule has 8 heteroatoms. The highest BCUT2D eigenvalue weighted by Crippen LogP contribution is 2.28. The minimum absolute atomic E-state index is 0.0148. The van der Waals surface area contributed by atoms with E-state index in [9.17, 15) is 9.59 Å². The van der Waals surface area contributed by atoms with Gasteiger partial charge in [-0.25, -0.2) is 4.57 Å². The van der Waals surface area contributed by atoms with Gasteiger partial charge in [-0.2, -0.15) is 0 Å². The van der Waals surface area contributed by atoms with Crippen LogP contribution < -0.4 is 10.9 Å². The highest BCUT2D eigenvalue weighted by molar-refractivity contribution is 8.00. The second-order valence-corrected chi connectivity index (χ2v) is 10.4. The van der Waals surface area contributed by atoms with E-state index >= 15 is 0 Å². The molecule has 0 aliphatic heterocycles. The maximum absolute atomic E-state index is 13.6. The molecule has 4 aromatic rings. The number of fused-ring (bicyclic) bond motifs is 3. The summed E-state index contributed by atoms with van der Waals surface area (Å²) in [5.41, 5.74) is 3.38. The zero-order valence-electron chi connectivity index (χ0n) is 19.7. The second-order valence-electron chi connectivity index (χ2n) is 9.12. The molecule has 1 amide bonds. The molecular formula is C26H29N5O2S. The van der Waals surface area contributed by atoms with Gasteiger partial charge in [0.1, 0.15) is 0 Å². The van der Waals surface area contributed by atoms with Gasteiger partial charge in [0, 0.05) is 6.04 Å². The van der Waals surface area contributed by atoms with Gasteiger partial charge in [-0.15, -0.1) is 10.2 Å². The van der Waals surface area contributed by atoms with Crippen LogP contribution in [0, 0.1) is 13.8 Å². The molecule has 2 aromatic carbocycles. The Morgan fingerprint density at radius 1 is 1.03 bits per heavy atom. The van der Waals surface area contributed by atoms with Crippen LogP contribution in [0.15, 0.2) is 52.4 Å². The van der Waals surface area contributed by atoms with Crippen LogP contribution in [0.4, 0.5) is 0 Å². The van der Waals surface area contributed by atoms with Crippen LogP contribution in [0.2, 0.25) is 0 Å². The Kier molecular flexibility index (Phi) is 6.16. The first kappa shape index (κ1) is 22.7. The highest BCUT2D eigenvalue weighted by Gasteiger charge is 2.24. The third-order valence-corrected chi connectivity index (χ3v) is 7.70. The number of amides is 1. The molecule has 34 heavy (non-hydrogen) atoms. The van der Waals surface area contributed by atoms with Crippen LogP contribution in [0.1, 0.15) is 50.2 Å². The smallest absolute Gasteiger partial charge is 0.267 e. The van der Waals surface area contributed by atoms with Crippen molar-refractivity contribution in [1.82, 2.24) is 24.5 Å². The van der Waals surface area contributed by atoms with E-state index in [1.165, 1.54) is 31.0 Å². The average molecular weight is 476 g/mol. The van der Waals surface area contributed by atoms with Crippen LogP contribution in [0.25, 0.3) is 22.4 Å². The Morgan fingerprint density at radius 2 is 1.74 bits per heavy atom. The first-order valence-electron chi connectivity index (χ1n) is 11.9. The van der Waals surface area contributed by atoms with Crippen molar-refractivity contribution < 1.29 is 4.79 Å². The van der Waals surface area contributed by atoms with Crippen molar-refractivity contribution in [2.45, 2.75) is 69.3 Å². The van der Waals surface area contributed by atoms with Gasteiger partial charge >= 0.3 is 0 Å². The van der Waals surface area contributed by atoms with Crippen LogP contribution >= 0.6 is 11.8 Å². The zero-order valence-corrected chi connectivity index (χ0v) is 20.6. The number of carbonyl (C=O) groups is 1. The lowest BCUT2D eigenvalue weighted by Gasteiger charge is -2.24. The molecule has 7 nitrogen and oxygen atoms in total. The predicted octanol–water partition coefficient (Wildman–Crippen LogP) is 4.58. The summed E-state index contributed by atoms with van der Waals surface area (Å²) >= 11 is 1.37. The molecule has 1 unspecified atom stereocenters. The monoisotopic (exact) mass is 475 g/mol. The van der Waals surface area contributed by atoms with E-state index in [-0.39, 0.29) is 22.8 Å². The zero-order chi connectivity index (χ0) is 23.8. The van der Waals surface area contributed by atoms with Crippen molar-refractivity contribution in [2.24, 2.45) is 0 Å². The molecule has 1 saturated carbocycles. The van der Waals surface area contributed by atoms with Crippen LogP contribution in [0.3, 0.4) is 0 Å². The van der Waals surface area contributed by atoms with Crippen molar-refractivity contribution in [1.29, 1.82) is 0 Å². The Hall–Kier alpha value is -3.13. The lowest BCUT2D eigenvalue weighted by atomic mass is 9.95. The Morgan fingerprint density at radius 3 is 2.47 bits per heavy atom. The summed E-state index contributed by atoms with van der Waals surface area (Å²) in [4.78, 5) is 26.5. The quantitative estimate of drug-likeness (QED) is 0.427. The third kappa shape index (κ3) is 4.00. The molecule has 1 fully saturated rings. The van der Waals surface area contributed by atoms with Crippen molar-refractivity contribution in [3.8, 4) is 5.69 Å². The van der Waals surface area contributed by atoms with Crippen molar-refractivity contribution in [2.75, 3.05) is 0 Å². The van der Waals surface area contributed by atoms with Gasteiger partial charge in [0.05, 0.1) is 21.8 Å². The topological polar surface area (TPSA) is 81.3 Å². The largest absolute Gasteiger partial charge is 0.352 e. The molecule has 1 aliphatic carbocycles.